The van der Waals surface area contributed by atoms with Crippen molar-refractivity contribution in [3.8, 4) is 0 Å². The van der Waals surface area contributed by atoms with Gasteiger partial charge in [-0.3, -0.25) is 4.79 Å². The molecule has 0 spiro atoms. The lowest BCUT2D eigenvalue weighted by Gasteiger charge is -2.32. The van der Waals surface area contributed by atoms with Gasteiger partial charge in [-0.25, -0.2) is 4.68 Å². The number of halogens is 3. The molecule has 1 amide bonds. The van der Waals surface area contributed by atoms with Crippen LogP contribution in [0.1, 0.15) is 34.8 Å². The molecule has 0 aliphatic carbocycles. The molecule has 0 fully saturated rings. The van der Waals surface area contributed by atoms with Crippen LogP contribution in [-0.4, -0.2) is 28.4 Å². The Kier molecular flexibility index (Phi) is 4.08. The maximum absolute atomic E-state index is 13.4. The molecule has 2 aromatic heterocycles. The SMILES string of the molecule is C=CCNC(=O)c1cc2n(n1)[C@H](C(F)(F)F)C[C@@H](c1ccco1)N2. The highest BCUT2D eigenvalue weighted by atomic mass is 19.4. The van der Waals surface area contributed by atoms with Crippen molar-refractivity contribution in [2.75, 3.05) is 11.9 Å². The van der Waals surface area contributed by atoms with E-state index in [9.17, 15) is 18.0 Å². The van der Waals surface area contributed by atoms with Crippen molar-refractivity contribution in [3.63, 3.8) is 0 Å². The molecule has 1 aliphatic rings. The van der Waals surface area contributed by atoms with E-state index in [2.05, 4.69) is 22.3 Å². The van der Waals surface area contributed by atoms with Crippen LogP contribution in [0.3, 0.4) is 0 Å². The molecular weight excluding hydrogens is 325 g/mol. The van der Waals surface area contributed by atoms with Crippen molar-refractivity contribution in [2.45, 2.75) is 24.7 Å². The number of aromatic nitrogens is 2. The van der Waals surface area contributed by atoms with Gasteiger partial charge in [-0.15, -0.1) is 6.58 Å². The average molecular weight is 340 g/mol. The fraction of sp³-hybridized carbons (Fsp3) is 0.333. The summed E-state index contributed by atoms with van der Waals surface area (Å²) >= 11 is 0. The largest absolute Gasteiger partial charge is 0.467 e. The van der Waals surface area contributed by atoms with Crippen LogP contribution < -0.4 is 10.6 Å². The molecule has 0 radical (unpaired) electrons. The first-order chi connectivity index (χ1) is 11.4. The Morgan fingerprint density at radius 3 is 3.00 bits per heavy atom. The van der Waals surface area contributed by atoms with Crippen molar-refractivity contribution < 1.29 is 22.4 Å². The molecule has 24 heavy (non-hydrogen) atoms. The van der Waals surface area contributed by atoms with Gasteiger partial charge < -0.3 is 15.1 Å². The number of fused-ring (bicyclic) bond motifs is 1. The summed E-state index contributed by atoms with van der Waals surface area (Å²) in [5.74, 6) is -0.0443. The predicted molar refractivity (Wildman–Crippen MR) is 79.5 cm³/mol. The topological polar surface area (TPSA) is 72.1 Å². The highest BCUT2D eigenvalue weighted by Gasteiger charge is 2.47. The second kappa shape index (κ2) is 6.06. The van der Waals surface area contributed by atoms with Crippen molar-refractivity contribution in [2.24, 2.45) is 0 Å². The number of hydrogen-bond donors (Lipinski definition) is 2. The fourth-order valence-electron chi connectivity index (χ4n) is 2.62. The number of alkyl halides is 3. The van der Waals surface area contributed by atoms with Gasteiger partial charge in [0.15, 0.2) is 11.7 Å². The Morgan fingerprint density at radius 1 is 1.58 bits per heavy atom. The van der Waals surface area contributed by atoms with Crippen LogP contribution >= 0.6 is 0 Å². The average Bonchev–Trinajstić information content (AvgIpc) is 3.19. The smallest absolute Gasteiger partial charge is 0.410 e. The van der Waals surface area contributed by atoms with Crippen LogP contribution in [0.5, 0.6) is 0 Å². The van der Waals surface area contributed by atoms with E-state index in [1.807, 2.05) is 0 Å². The lowest BCUT2D eigenvalue weighted by atomic mass is 10.0. The number of anilines is 1. The Morgan fingerprint density at radius 2 is 2.38 bits per heavy atom. The molecule has 2 N–H and O–H groups in total. The van der Waals surface area contributed by atoms with Crippen LogP contribution in [0, 0.1) is 0 Å². The van der Waals surface area contributed by atoms with E-state index in [1.165, 1.54) is 18.4 Å². The molecule has 0 saturated carbocycles. The summed E-state index contributed by atoms with van der Waals surface area (Å²) < 4.78 is 46.3. The summed E-state index contributed by atoms with van der Waals surface area (Å²) in [5.41, 5.74) is -0.0892. The first kappa shape index (κ1) is 16.2. The number of amides is 1. The molecule has 0 aromatic carbocycles. The minimum atomic E-state index is -4.50. The van der Waals surface area contributed by atoms with Crippen molar-refractivity contribution >= 4 is 11.7 Å². The van der Waals surface area contributed by atoms with Gasteiger partial charge in [0.05, 0.1) is 12.3 Å². The summed E-state index contributed by atoms with van der Waals surface area (Å²) in [6, 6.07) is 2.02. The molecular formula is C15H15F3N4O2. The molecule has 0 unspecified atom stereocenters. The third-order valence-corrected chi connectivity index (χ3v) is 3.72. The number of furan rings is 1. The zero-order valence-corrected chi connectivity index (χ0v) is 12.5. The summed E-state index contributed by atoms with van der Waals surface area (Å²) in [7, 11) is 0. The minimum Gasteiger partial charge on any atom is -0.467 e. The molecule has 2 aromatic rings. The number of hydrogen-bond acceptors (Lipinski definition) is 4. The standard InChI is InChI=1S/C15H15F3N4O2/c1-2-5-19-14(23)10-8-13-20-9(11-4-3-6-24-11)7-12(15(16,17)18)22(13)21-10/h2-4,6,8-9,12,20H,1,5,7H2,(H,19,23)/t9-,12-/m0/s1. The third kappa shape index (κ3) is 3.01. The molecule has 0 bridgehead atoms. The van der Waals surface area contributed by atoms with Gasteiger partial charge >= 0.3 is 6.18 Å². The third-order valence-electron chi connectivity index (χ3n) is 3.72. The van der Waals surface area contributed by atoms with Crippen molar-refractivity contribution in [1.82, 2.24) is 15.1 Å². The Hall–Kier alpha value is -2.71. The number of nitrogens with zero attached hydrogens (tertiary/aromatic N) is 2. The van der Waals surface area contributed by atoms with Crippen LogP contribution in [-0.2, 0) is 0 Å². The van der Waals surface area contributed by atoms with E-state index in [4.69, 9.17) is 4.42 Å². The summed E-state index contributed by atoms with van der Waals surface area (Å²) in [5, 5.41) is 9.25. The normalized spacial score (nSPS) is 20.1. The summed E-state index contributed by atoms with van der Waals surface area (Å²) in [4.78, 5) is 11.9. The van der Waals surface area contributed by atoms with Gasteiger partial charge in [0, 0.05) is 19.0 Å². The molecule has 3 rings (SSSR count). The summed E-state index contributed by atoms with van der Waals surface area (Å²) in [6.07, 6.45) is -1.90. The molecule has 2 atom stereocenters. The van der Waals surface area contributed by atoms with Crippen LogP contribution in [0.2, 0.25) is 0 Å². The Balaban J connectivity index is 1.94. The van der Waals surface area contributed by atoms with Crippen LogP contribution in [0.25, 0.3) is 0 Å². The van der Waals surface area contributed by atoms with Gasteiger partial charge in [0.25, 0.3) is 5.91 Å². The highest BCUT2D eigenvalue weighted by molar-refractivity contribution is 5.93. The predicted octanol–water partition coefficient (Wildman–Crippen LogP) is 3.05. The van der Waals surface area contributed by atoms with E-state index in [0.29, 0.717) is 5.76 Å². The quantitative estimate of drug-likeness (QED) is 0.839. The van der Waals surface area contributed by atoms with Gasteiger partial charge in [-0.1, -0.05) is 6.08 Å². The summed E-state index contributed by atoms with van der Waals surface area (Å²) in [6.45, 7) is 3.66. The molecule has 1 aliphatic heterocycles. The van der Waals surface area contributed by atoms with Gasteiger partial charge in [0.1, 0.15) is 11.6 Å². The van der Waals surface area contributed by atoms with Crippen LogP contribution in [0.15, 0.2) is 41.5 Å². The van der Waals surface area contributed by atoms with E-state index in [-0.39, 0.29) is 24.5 Å². The highest BCUT2D eigenvalue weighted by Crippen LogP contribution is 2.43. The maximum Gasteiger partial charge on any atom is 0.410 e. The van der Waals surface area contributed by atoms with E-state index >= 15 is 0 Å². The number of carbonyl (C=O) groups is 1. The van der Waals surface area contributed by atoms with E-state index in [1.54, 1.807) is 12.1 Å². The molecule has 0 saturated heterocycles. The molecule has 3 heterocycles. The number of rotatable bonds is 4. The lowest BCUT2D eigenvalue weighted by molar-refractivity contribution is -0.174. The minimum absolute atomic E-state index is 0.0892. The van der Waals surface area contributed by atoms with Gasteiger partial charge in [-0.05, 0) is 12.1 Å². The Labute approximate surface area is 135 Å². The molecule has 9 heteroatoms. The first-order valence-corrected chi connectivity index (χ1v) is 7.25. The second-order valence-corrected chi connectivity index (χ2v) is 5.36. The zero-order valence-electron chi connectivity index (χ0n) is 12.5. The lowest BCUT2D eigenvalue weighted by Crippen LogP contribution is -2.35. The fourth-order valence-corrected chi connectivity index (χ4v) is 2.62. The van der Waals surface area contributed by atoms with E-state index in [0.717, 1.165) is 4.68 Å². The van der Waals surface area contributed by atoms with Gasteiger partial charge in [-0.2, -0.15) is 18.3 Å². The van der Waals surface area contributed by atoms with Crippen molar-refractivity contribution in [3.05, 3.63) is 48.6 Å². The zero-order chi connectivity index (χ0) is 17.3. The van der Waals surface area contributed by atoms with E-state index < -0.39 is 24.2 Å². The molecule has 128 valence electrons. The van der Waals surface area contributed by atoms with Crippen LogP contribution in [0.4, 0.5) is 19.0 Å². The van der Waals surface area contributed by atoms with Gasteiger partial charge in [0.2, 0.25) is 0 Å². The monoisotopic (exact) mass is 340 g/mol. The van der Waals surface area contributed by atoms with Crippen molar-refractivity contribution in [1.29, 1.82) is 0 Å². The first-order valence-electron chi connectivity index (χ1n) is 7.25. The second-order valence-electron chi connectivity index (χ2n) is 5.36. The molecule has 6 nitrogen and oxygen atoms in total. The Bertz CT molecular complexity index is 736. The maximum atomic E-state index is 13.4. The number of nitrogens with one attached hydrogen (secondary N) is 2. The number of carbonyl (C=O) groups excluding carboxylic acids is 1.